The molecule has 2 aromatic rings. The number of H-pyrrole nitrogens is 1. The molecule has 1 heterocycles. The highest BCUT2D eigenvalue weighted by Crippen LogP contribution is 2.32. The second kappa shape index (κ2) is 6.48. The molecule has 1 aromatic carbocycles. The van der Waals surface area contributed by atoms with Crippen LogP contribution in [0, 0.1) is 5.41 Å². The van der Waals surface area contributed by atoms with Crippen molar-refractivity contribution in [3.05, 3.63) is 47.9 Å². The number of alkyl halides is 3. The number of aromatic amines is 1. The van der Waals surface area contributed by atoms with Crippen LogP contribution in [0.1, 0.15) is 15.9 Å². The summed E-state index contributed by atoms with van der Waals surface area (Å²) in [7, 11) is 0. The minimum atomic E-state index is -4.69. The van der Waals surface area contributed by atoms with Gasteiger partial charge in [0.15, 0.2) is 0 Å². The van der Waals surface area contributed by atoms with E-state index >= 15 is 0 Å². The van der Waals surface area contributed by atoms with E-state index in [0.29, 0.717) is 4.90 Å². The van der Waals surface area contributed by atoms with Crippen molar-refractivity contribution in [2.75, 3.05) is 4.90 Å². The van der Waals surface area contributed by atoms with E-state index in [1.807, 2.05) is 0 Å². The van der Waals surface area contributed by atoms with Crippen molar-refractivity contribution in [1.82, 2.24) is 9.97 Å². The molecule has 0 radical (unpaired) electrons. The molecule has 0 aliphatic heterocycles. The number of anilines is 1. The molecule has 0 bridgehead atoms. The summed E-state index contributed by atoms with van der Waals surface area (Å²) in [6.45, 7) is 0. The molecular weight excluding hydrogens is 323 g/mol. The number of hydrogen-bond donors (Lipinski definition) is 3. The number of hydrogen-bond acceptors (Lipinski definition) is 3. The molecule has 10 heteroatoms. The molecule has 0 atom stereocenters. The molecule has 2 rings (SSSR count). The number of aromatic nitrogens is 2. The van der Waals surface area contributed by atoms with Crippen LogP contribution in [0.2, 0.25) is 0 Å². The van der Waals surface area contributed by atoms with Gasteiger partial charge in [-0.15, -0.1) is 12.4 Å². The smallest absolute Gasteiger partial charge is 0.369 e. The summed E-state index contributed by atoms with van der Waals surface area (Å²) in [5.41, 5.74) is 3.59. The summed E-state index contributed by atoms with van der Waals surface area (Å²) in [4.78, 5) is 19.1. The van der Waals surface area contributed by atoms with E-state index in [1.165, 1.54) is 24.7 Å². The van der Waals surface area contributed by atoms with Crippen LogP contribution in [0.15, 0.2) is 36.8 Å². The topological polar surface area (TPSA) is 98.9 Å². The van der Waals surface area contributed by atoms with E-state index in [-0.39, 0.29) is 18.2 Å². The molecule has 0 aliphatic carbocycles. The summed E-state index contributed by atoms with van der Waals surface area (Å²) < 4.78 is 38.8. The summed E-state index contributed by atoms with van der Waals surface area (Å²) in [5.74, 6) is -1.79. The first-order valence-electron chi connectivity index (χ1n) is 5.65. The number of nitrogens with one attached hydrogen (secondary N) is 2. The normalized spacial score (nSPS) is 10.7. The van der Waals surface area contributed by atoms with Crippen molar-refractivity contribution in [3.63, 3.8) is 0 Å². The zero-order valence-corrected chi connectivity index (χ0v) is 11.7. The number of halogens is 4. The maximum absolute atomic E-state index is 12.9. The quantitative estimate of drug-likeness (QED) is 0.581. The Morgan fingerprint density at radius 1 is 1.32 bits per heavy atom. The van der Waals surface area contributed by atoms with Crippen molar-refractivity contribution in [3.8, 4) is 0 Å². The molecule has 0 saturated heterocycles. The number of rotatable bonds is 2. The maximum Gasteiger partial charge on any atom is 0.417 e. The molecule has 0 unspecified atom stereocenters. The third kappa shape index (κ3) is 3.37. The predicted molar refractivity (Wildman–Crippen MR) is 76.0 cm³/mol. The number of imidazole rings is 1. The Balaban J connectivity index is 0.00000242. The average molecular weight is 334 g/mol. The standard InChI is InChI=1S/C12H10F3N5O.ClH/c13-12(14,15)8-4-2-1-3-7(8)10(21)20(11(16)17)9-5-18-6-19-9;/h1-6H,(H3,16,17)(H,18,19);1H. The molecule has 0 aliphatic rings. The number of amides is 1. The Morgan fingerprint density at radius 3 is 2.45 bits per heavy atom. The van der Waals surface area contributed by atoms with Gasteiger partial charge in [0, 0.05) is 0 Å². The van der Waals surface area contributed by atoms with Gasteiger partial charge in [0.05, 0.1) is 23.7 Å². The van der Waals surface area contributed by atoms with Gasteiger partial charge in [-0.05, 0) is 12.1 Å². The Labute approximate surface area is 129 Å². The lowest BCUT2D eigenvalue weighted by molar-refractivity contribution is -0.137. The number of nitrogens with zero attached hydrogens (tertiary/aromatic N) is 2. The molecule has 0 spiro atoms. The molecule has 0 fully saturated rings. The zero-order valence-electron chi connectivity index (χ0n) is 10.9. The molecular formula is C12H11ClF3N5O. The monoisotopic (exact) mass is 333 g/mol. The van der Waals surface area contributed by atoms with E-state index in [4.69, 9.17) is 11.1 Å². The summed E-state index contributed by atoms with van der Waals surface area (Å²) in [5, 5.41) is 7.39. The predicted octanol–water partition coefficient (Wildman–Crippen LogP) is 2.39. The summed E-state index contributed by atoms with van der Waals surface area (Å²) in [6, 6.07) is 4.29. The van der Waals surface area contributed by atoms with Crippen LogP contribution < -0.4 is 10.6 Å². The molecule has 22 heavy (non-hydrogen) atoms. The average Bonchev–Trinajstić information content (AvgIpc) is 2.91. The lowest BCUT2D eigenvalue weighted by Crippen LogP contribution is -2.42. The molecule has 1 aromatic heterocycles. The van der Waals surface area contributed by atoms with Gasteiger partial charge in [0.25, 0.3) is 5.91 Å². The highest BCUT2D eigenvalue weighted by Gasteiger charge is 2.36. The van der Waals surface area contributed by atoms with Crippen LogP contribution in [0.4, 0.5) is 19.0 Å². The molecule has 1 amide bonds. The van der Waals surface area contributed by atoms with Gasteiger partial charge in [-0.3, -0.25) is 10.2 Å². The van der Waals surface area contributed by atoms with Gasteiger partial charge in [-0.25, -0.2) is 9.88 Å². The Hall–Kier alpha value is -2.55. The number of carbonyl (C=O) groups excluding carboxylic acids is 1. The van der Waals surface area contributed by atoms with Gasteiger partial charge in [-0.1, -0.05) is 12.1 Å². The second-order valence-electron chi connectivity index (χ2n) is 4.01. The van der Waals surface area contributed by atoms with Gasteiger partial charge in [0.1, 0.15) is 5.82 Å². The Bertz CT molecular complexity index is 672. The van der Waals surface area contributed by atoms with Crippen LogP contribution in [-0.4, -0.2) is 21.8 Å². The molecule has 0 saturated carbocycles. The third-order valence-electron chi connectivity index (χ3n) is 2.63. The first-order valence-corrected chi connectivity index (χ1v) is 5.65. The van der Waals surface area contributed by atoms with E-state index < -0.39 is 29.2 Å². The van der Waals surface area contributed by atoms with Crippen molar-refractivity contribution < 1.29 is 18.0 Å². The van der Waals surface area contributed by atoms with E-state index in [0.717, 1.165) is 12.1 Å². The number of carbonyl (C=O) groups is 1. The molecule has 4 N–H and O–H groups in total. The largest absolute Gasteiger partial charge is 0.417 e. The fourth-order valence-electron chi connectivity index (χ4n) is 1.76. The van der Waals surface area contributed by atoms with E-state index in [2.05, 4.69) is 9.97 Å². The van der Waals surface area contributed by atoms with Crippen LogP contribution in [0.25, 0.3) is 0 Å². The lowest BCUT2D eigenvalue weighted by Gasteiger charge is -2.20. The Kier molecular flexibility index (Phi) is 5.15. The van der Waals surface area contributed by atoms with Crippen LogP contribution in [-0.2, 0) is 6.18 Å². The van der Waals surface area contributed by atoms with Gasteiger partial charge >= 0.3 is 6.18 Å². The number of nitrogens with two attached hydrogens (primary N) is 1. The van der Waals surface area contributed by atoms with Gasteiger partial charge in [-0.2, -0.15) is 13.2 Å². The van der Waals surface area contributed by atoms with Crippen LogP contribution in [0.3, 0.4) is 0 Å². The van der Waals surface area contributed by atoms with Crippen molar-refractivity contribution >= 4 is 30.1 Å². The minimum absolute atomic E-state index is 0. The highest BCUT2D eigenvalue weighted by atomic mass is 35.5. The second-order valence-corrected chi connectivity index (χ2v) is 4.01. The Morgan fingerprint density at radius 2 is 1.95 bits per heavy atom. The number of guanidine groups is 1. The fourth-order valence-corrected chi connectivity index (χ4v) is 1.76. The highest BCUT2D eigenvalue weighted by molar-refractivity contribution is 6.20. The number of benzene rings is 1. The summed E-state index contributed by atoms with van der Waals surface area (Å²) >= 11 is 0. The van der Waals surface area contributed by atoms with Crippen molar-refractivity contribution in [2.45, 2.75) is 6.18 Å². The minimum Gasteiger partial charge on any atom is -0.369 e. The maximum atomic E-state index is 12.9. The zero-order chi connectivity index (χ0) is 15.6. The third-order valence-corrected chi connectivity index (χ3v) is 2.63. The van der Waals surface area contributed by atoms with E-state index in [1.54, 1.807) is 0 Å². The van der Waals surface area contributed by atoms with Crippen molar-refractivity contribution in [1.29, 1.82) is 5.41 Å². The lowest BCUT2D eigenvalue weighted by atomic mass is 10.1. The van der Waals surface area contributed by atoms with Crippen LogP contribution >= 0.6 is 12.4 Å². The van der Waals surface area contributed by atoms with Gasteiger partial charge < -0.3 is 10.7 Å². The summed E-state index contributed by atoms with van der Waals surface area (Å²) in [6.07, 6.45) is -2.30. The van der Waals surface area contributed by atoms with E-state index in [9.17, 15) is 18.0 Å². The molecule has 6 nitrogen and oxygen atoms in total. The SMILES string of the molecule is Cl.N=C(N)N(C(=O)c1ccccc1C(F)(F)F)c1cnc[nH]1. The molecule has 118 valence electrons. The first kappa shape index (κ1) is 17.5. The van der Waals surface area contributed by atoms with Crippen LogP contribution in [0.5, 0.6) is 0 Å². The van der Waals surface area contributed by atoms with Gasteiger partial charge in [0.2, 0.25) is 5.96 Å². The van der Waals surface area contributed by atoms with Crippen molar-refractivity contribution in [2.24, 2.45) is 5.73 Å². The fraction of sp³-hybridized carbons (Fsp3) is 0.0833. The first-order chi connectivity index (χ1) is 9.82.